The van der Waals surface area contributed by atoms with Crippen LogP contribution in [0.15, 0.2) is 60.9 Å². The molecule has 1 aliphatic rings. The number of methoxy groups -OCH3 is 2. The van der Waals surface area contributed by atoms with E-state index in [4.69, 9.17) is 33.3 Å². The first-order valence-electron chi connectivity index (χ1n) is 10.8. The number of aromatic nitrogens is 2. The minimum atomic E-state index is -0.278. The molecule has 0 unspecified atom stereocenters. The number of anilines is 2. The normalized spacial score (nSPS) is 17.6. The summed E-state index contributed by atoms with van der Waals surface area (Å²) in [5, 5.41) is 7.16. The molecule has 34 heavy (non-hydrogen) atoms. The third kappa shape index (κ3) is 5.07. The number of rotatable bonds is 9. The molecule has 0 bridgehead atoms. The SMILES string of the molecule is COCCn1cccc1[C@H]1[C@H](c2ccccn2)NC(=S)N1c1ccc(NC(=O)COC)c(Cl)c1. The van der Waals surface area contributed by atoms with Gasteiger partial charge in [-0.25, -0.2) is 0 Å². The van der Waals surface area contributed by atoms with Crippen molar-refractivity contribution in [3.05, 3.63) is 77.3 Å². The van der Waals surface area contributed by atoms with Gasteiger partial charge in [-0.1, -0.05) is 17.7 Å². The summed E-state index contributed by atoms with van der Waals surface area (Å²) in [7, 11) is 3.15. The van der Waals surface area contributed by atoms with Crippen LogP contribution < -0.4 is 15.5 Å². The van der Waals surface area contributed by atoms with Gasteiger partial charge in [0.15, 0.2) is 5.11 Å². The number of carbonyl (C=O) groups is 1. The van der Waals surface area contributed by atoms with Gasteiger partial charge >= 0.3 is 0 Å². The molecule has 1 amide bonds. The molecule has 1 aliphatic heterocycles. The molecule has 0 radical (unpaired) electrons. The van der Waals surface area contributed by atoms with Crippen molar-refractivity contribution in [1.82, 2.24) is 14.9 Å². The minimum absolute atomic E-state index is 0.0511. The van der Waals surface area contributed by atoms with Gasteiger partial charge in [0.2, 0.25) is 5.91 Å². The lowest BCUT2D eigenvalue weighted by Crippen LogP contribution is -2.30. The molecule has 2 aromatic heterocycles. The van der Waals surface area contributed by atoms with Gasteiger partial charge in [-0.05, 0) is 54.7 Å². The number of hydrogen-bond donors (Lipinski definition) is 2. The molecule has 178 valence electrons. The van der Waals surface area contributed by atoms with E-state index in [9.17, 15) is 4.79 Å². The molecular formula is C24H26ClN5O3S. The van der Waals surface area contributed by atoms with E-state index in [1.54, 1.807) is 25.4 Å². The molecule has 1 aromatic carbocycles. The monoisotopic (exact) mass is 499 g/mol. The van der Waals surface area contributed by atoms with Crippen LogP contribution in [0.1, 0.15) is 23.5 Å². The number of nitrogens with zero attached hydrogens (tertiary/aromatic N) is 3. The maximum Gasteiger partial charge on any atom is 0.250 e. The lowest BCUT2D eigenvalue weighted by Gasteiger charge is -2.29. The summed E-state index contributed by atoms with van der Waals surface area (Å²) in [5.41, 5.74) is 3.25. The van der Waals surface area contributed by atoms with Crippen molar-refractivity contribution in [2.45, 2.75) is 18.6 Å². The second kappa shape index (κ2) is 11.0. The average molecular weight is 500 g/mol. The van der Waals surface area contributed by atoms with Gasteiger partial charge in [0, 0.05) is 44.5 Å². The zero-order valence-corrected chi connectivity index (χ0v) is 20.5. The number of ether oxygens (including phenoxy) is 2. The molecular weight excluding hydrogens is 474 g/mol. The Bertz CT molecular complexity index is 1160. The Morgan fingerprint density at radius 1 is 1.21 bits per heavy atom. The van der Waals surface area contributed by atoms with E-state index in [1.165, 1.54) is 7.11 Å². The molecule has 0 spiro atoms. The molecule has 4 rings (SSSR count). The Hall–Kier alpha value is -2.98. The second-order valence-corrected chi connectivity index (χ2v) is 8.56. The lowest BCUT2D eigenvalue weighted by molar-refractivity contribution is -0.119. The van der Waals surface area contributed by atoms with E-state index in [2.05, 4.69) is 26.3 Å². The van der Waals surface area contributed by atoms with E-state index < -0.39 is 0 Å². The molecule has 0 saturated carbocycles. The van der Waals surface area contributed by atoms with E-state index in [0.29, 0.717) is 29.0 Å². The van der Waals surface area contributed by atoms with Gasteiger partial charge in [-0.15, -0.1) is 0 Å². The average Bonchev–Trinajstić information content (AvgIpc) is 3.43. The summed E-state index contributed by atoms with van der Waals surface area (Å²) in [5.74, 6) is -0.278. The number of hydrogen-bond acceptors (Lipinski definition) is 5. The second-order valence-electron chi connectivity index (χ2n) is 7.76. The molecule has 1 fully saturated rings. The van der Waals surface area contributed by atoms with Crippen molar-refractivity contribution in [1.29, 1.82) is 0 Å². The van der Waals surface area contributed by atoms with Crippen LogP contribution in [0, 0.1) is 0 Å². The first-order chi connectivity index (χ1) is 16.5. The molecule has 8 nitrogen and oxygen atoms in total. The van der Waals surface area contributed by atoms with Crippen LogP contribution in [-0.4, -0.2) is 48.0 Å². The van der Waals surface area contributed by atoms with Crippen LogP contribution in [-0.2, 0) is 20.8 Å². The minimum Gasteiger partial charge on any atom is -0.383 e. The van der Waals surface area contributed by atoms with Gasteiger partial charge < -0.3 is 29.6 Å². The fraction of sp³-hybridized carbons (Fsp3) is 0.292. The van der Waals surface area contributed by atoms with Crippen molar-refractivity contribution in [2.24, 2.45) is 0 Å². The first-order valence-corrected chi connectivity index (χ1v) is 11.5. The topological polar surface area (TPSA) is 80.7 Å². The summed E-state index contributed by atoms with van der Waals surface area (Å²) in [6.07, 6.45) is 3.81. The van der Waals surface area contributed by atoms with Crippen LogP contribution in [0.3, 0.4) is 0 Å². The molecule has 3 heterocycles. The summed E-state index contributed by atoms with van der Waals surface area (Å²) < 4.78 is 12.3. The first kappa shape index (κ1) is 24.2. The number of pyridine rings is 1. The highest BCUT2D eigenvalue weighted by Gasteiger charge is 2.42. The highest BCUT2D eigenvalue weighted by molar-refractivity contribution is 7.80. The maximum absolute atomic E-state index is 11.9. The summed E-state index contributed by atoms with van der Waals surface area (Å²) in [6.45, 7) is 1.24. The molecule has 0 aliphatic carbocycles. The molecule has 1 saturated heterocycles. The lowest BCUT2D eigenvalue weighted by atomic mass is 10.0. The van der Waals surface area contributed by atoms with E-state index in [1.807, 2.05) is 41.4 Å². The van der Waals surface area contributed by atoms with Crippen LogP contribution in [0.5, 0.6) is 0 Å². The van der Waals surface area contributed by atoms with Gasteiger partial charge in [-0.2, -0.15) is 0 Å². The third-order valence-electron chi connectivity index (χ3n) is 5.58. The predicted octanol–water partition coefficient (Wildman–Crippen LogP) is 3.94. The van der Waals surface area contributed by atoms with E-state index >= 15 is 0 Å². The fourth-order valence-electron chi connectivity index (χ4n) is 4.10. The fourth-order valence-corrected chi connectivity index (χ4v) is 4.66. The van der Waals surface area contributed by atoms with Crippen LogP contribution >= 0.6 is 23.8 Å². The van der Waals surface area contributed by atoms with Crippen LogP contribution in [0.25, 0.3) is 0 Å². The Balaban J connectivity index is 1.73. The standard InChI is InChI=1S/C24H26ClN5O3S/c1-32-13-12-29-11-5-7-20(29)23-22(19-6-3-4-10-26-19)28-24(34)30(23)16-8-9-18(17(25)14-16)27-21(31)15-33-2/h3-11,14,22-23H,12-13,15H2,1-2H3,(H,27,31)(H,28,34)/t22-,23-/m0/s1. The quantitative estimate of drug-likeness (QED) is 0.431. The predicted molar refractivity (Wildman–Crippen MR) is 136 cm³/mol. The Labute approximate surface area is 208 Å². The third-order valence-corrected chi connectivity index (χ3v) is 6.21. The van der Waals surface area contributed by atoms with Crippen LogP contribution in [0.4, 0.5) is 11.4 Å². The van der Waals surface area contributed by atoms with Crippen molar-refractivity contribution in [3.8, 4) is 0 Å². The number of amides is 1. The van der Waals surface area contributed by atoms with Crippen molar-refractivity contribution in [3.63, 3.8) is 0 Å². The van der Waals surface area contributed by atoms with Crippen molar-refractivity contribution >= 4 is 46.2 Å². The summed E-state index contributed by atoms with van der Waals surface area (Å²) in [4.78, 5) is 18.6. The van der Waals surface area contributed by atoms with E-state index in [-0.39, 0.29) is 24.6 Å². The summed E-state index contributed by atoms with van der Waals surface area (Å²) in [6, 6.07) is 15.0. The smallest absolute Gasteiger partial charge is 0.250 e. The highest BCUT2D eigenvalue weighted by Crippen LogP contribution is 2.42. The summed E-state index contributed by atoms with van der Waals surface area (Å²) >= 11 is 12.3. The molecule has 2 N–H and O–H groups in total. The number of nitrogens with one attached hydrogen (secondary N) is 2. The van der Waals surface area contributed by atoms with Crippen molar-refractivity contribution < 1.29 is 14.3 Å². The molecule has 3 aromatic rings. The van der Waals surface area contributed by atoms with Crippen molar-refractivity contribution in [2.75, 3.05) is 37.7 Å². The maximum atomic E-state index is 11.9. The zero-order valence-electron chi connectivity index (χ0n) is 18.9. The van der Waals surface area contributed by atoms with E-state index in [0.717, 1.165) is 17.1 Å². The molecule has 10 heteroatoms. The number of halogens is 1. The van der Waals surface area contributed by atoms with Gasteiger partial charge in [0.25, 0.3) is 0 Å². The molecule has 2 atom stereocenters. The van der Waals surface area contributed by atoms with Gasteiger partial charge in [0.1, 0.15) is 12.6 Å². The Morgan fingerprint density at radius 2 is 2.06 bits per heavy atom. The van der Waals surface area contributed by atoms with Gasteiger partial charge in [0.05, 0.1) is 29.1 Å². The zero-order chi connectivity index (χ0) is 24.1. The highest BCUT2D eigenvalue weighted by atomic mass is 35.5. The van der Waals surface area contributed by atoms with Gasteiger partial charge in [-0.3, -0.25) is 9.78 Å². The number of thiocarbonyl (C=S) groups is 1. The Kier molecular flexibility index (Phi) is 7.79. The number of carbonyl (C=O) groups excluding carboxylic acids is 1. The Morgan fingerprint density at radius 3 is 2.76 bits per heavy atom. The van der Waals surface area contributed by atoms with Crippen LogP contribution in [0.2, 0.25) is 5.02 Å². The number of benzene rings is 1. The largest absolute Gasteiger partial charge is 0.383 e.